The summed E-state index contributed by atoms with van der Waals surface area (Å²) >= 11 is 13.9. The van der Waals surface area contributed by atoms with Gasteiger partial charge in [-0.1, -0.05) is 22.7 Å². The lowest BCUT2D eigenvalue weighted by Crippen LogP contribution is -1.68. The molecule has 0 amide bonds. The van der Waals surface area contributed by atoms with Crippen LogP contribution in [0.25, 0.3) is 0 Å². The minimum absolute atomic E-state index is 0.434. The van der Waals surface area contributed by atoms with Crippen LogP contribution in [0, 0.1) is 0 Å². The Balaban J connectivity index is 1.94. The second-order valence-corrected chi connectivity index (χ2v) is 7.55. The Morgan fingerprint density at radius 2 is 1.21 bits per heavy atom. The highest BCUT2D eigenvalue weighted by Crippen LogP contribution is 2.40. The minimum atomic E-state index is 0.434. The molecule has 2 aromatic rings. The predicted octanol–water partition coefficient (Wildman–Crippen LogP) is 3.50. The number of hydrogen-bond donors (Lipinski definition) is 0. The number of rotatable bonds is 3. The average Bonchev–Trinajstić information content (AvgIpc) is 2.72. The molecule has 0 spiro atoms. The monoisotopic (exact) mass is 302 g/mol. The third-order valence-corrected chi connectivity index (χ3v) is 5.94. The zero-order valence-electron chi connectivity index (χ0n) is 6.18. The normalized spacial score (nSPS) is 10.7. The molecule has 74 valence electrons. The molecular weight excluding hydrogens is 303 g/mol. The summed E-state index contributed by atoms with van der Waals surface area (Å²) in [6.45, 7) is 0. The third kappa shape index (κ3) is 2.94. The predicted molar refractivity (Wildman–Crippen MR) is 61.6 cm³/mol. The van der Waals surface area contributed by atoms with Gasteiger partial charge in [-0.05, 0) is 44.8 Å². The van der Waals surface area contributed by atoms with Gasteiger partial charge in [0.25, 0.3) is 0 Å². The van der Waals surface area contributed by atoms with Crippen molar-refractivity contribution < 1.29 is 0 Å². The first-order valence-corrected chi connectivity index (χ1v) is 7.60. The molecule has 0 atom stereocenters. The van der Waals surface area contributed by atoms with Crippen molar-refractivity contribution in [3.63, 3.8) is 0 Å². The Bertz CT molecular complexity index is 388. The van der Waals surface area contributed by atoms with Crippen molar-refractivity contribution in [2.24, 2.45) is 0 Å². The molecule has 10 heteroatoms. The van der Waals surface area contributed by atoms with Gasteiger partial charge in [-0.15, -0.1) is 20.4 Å². The summed E-state index contributed by atoms with van der Waals surface area (Å²) in [5.74, 6) is 0. The lowest BCUT2D eigenvalue weighted by molar-refractivity contribution is 1.01. The Hall–Kier alpha value is 0.400. The van der Waals surface area contributed by atoms with Crippen LogP contribution in [0.4, 0.5) is 0 Å². The van der Waals surface area contributed by atoms with E-state index in [0.29, 0.717) is 8.93 Å². The lowest BCUT2D eigenvalue weighted by atomic mass is 11.6. The summed E-state index contributed by atoms with van der Waals surface area (Å²) in [6.07, 6.45) is 0. The molecular formula is C4Cl2N4S4. The average molecular weight is 303 g/mol. The summed E-state index contributed by atoms with van der Waals surface area (Å²) < 4.78 is 2.43. The molecule has 0 radical (unpaired) electrons. The van der Waals surface area contributed by atoms with E-state index in [1.807, 2.05) is 0 Å². The number of nitrogens with zero attached hydrogens (tertiary/aromatic N) is 4. The molecule has 2 rings (SSSR count). The molecule has 0 aliphatic heterocycles. The van der Waals surface area contributed by atoms with Gasteiger partial charge in [-0.2, -0.15) is 0 Å². The number of hydrogen-bond acceptors (Lipinski definition) is 8. The van der Waals surface area contributed by atoms with Gasteiger partial charge in [0.05, 0.1) is 0 Å². The topological polar surface area (TPSA) is 51.6 Å². The van der Waals surface area contributed by atoms with Crippen molar-refractivity contribution >= 4 is 67.5 Å². The second-order valence-electron chi connectivity index (χ2n) is 1.81. The highest BCUT2D eigenvalue weighted by atomic mass is 35.5. The Labute approximate surface area is 105 Å². The fourth-order valence-corrected chi connectivity index (χ4v) is 4.82. The molecule has 0 fully saturated rings. The Morgan fingerprint density at radius 1 is 0.786 bits per heavy atom. The molecule has 0 saturated heterocycles. The number of aromatic nitrogens is 4. The molecule has 2 aromatic heterocycles. The van der Waals surface area contributed by atoms with Crippen LogP contribution in [0.2, 0.25) is 8.93 Å². The molecule has 0 bridgehead atoms. The Kier molecular flexibility index (Phi) is 3.86. The van der Waals surface area contributed by atoms with E-state index in [4.69, 9.17) is 23.2 Å². The third-order valence-electron chi connectivity index (χ3n) is 0.948. The molecule has 14 heavy (non-hydrogen) atoms. The summed E-state index contributed by atoms with van der Waals surface area (Å²) in [7, 11) is 2.87. The fraction of sp³-hybridized carbons (Fsp3) is 0. The van der Waals surface area contributed by atoms with Gasteiger partial charge in [0.15, 0.2) is 8.68 Å². The molecule has 0 aliphatic rings. The molecule has 0 saturated carbocycles. The Morgan fingerprint density at radius 3 is 1.50 bits per heavy atom. The SMILES string of the molecule is Clc1nnc(SSc2nnc(Cl)s2)s1. The summed E-state index contributed by atoms with van der Waals surface area (Å²) in [6, 6.07) is 0. The van der Waals surface area contributed by atoms with E-state index >= 15 is 0 Å². The van der Waals surface area contributed by atoms with E-state index in [2.05, 4.69) is 20.4 Å². The van der Waals surface area contributed by atoms with Gasteiger partial charge >= 0.3 is 0 Å². The summed E-state index contributed by atoms with van der Waals surface area (Å²) in [5, 5.41) is 15.0. The first kappa shape index (κ1) is 10.9. The fourth-order valence-electron chi connectivity index (χ4n) is 0.525. The van der Waals surface area contributed by atoms with E-state index in [1.54, 1.807) is 0 Å². The van der Waals surface area contributed by atoms with E-state index in [9.17, 15) is 0 Å². The van der Waals surface area contributed by atoms with Crippen molar-refractivity contribution in [3.8, 4) is 0 Å². The van der Waals surface area contributed by atoms with Crippen molar-refractivity contribution in [2.45, 2.75) is 8.68 Å². The van der Waals surface area contributed by atoms with Crippen LogP contribution in [-0.4, -0.2) is 20.4 Å². The molecule has 4 nitrogen and oxygen atoms in total. The van der Waals surface area contributed by atoms with Gasteiger partial charge in [-0.3, -0.25) is 0 Å². The molecule has 2 heterocycles. The lowest BCUT2D eigenvalue weighted by Gasteiger charge is -1.87. The standard InChI is InChI=1S/C4Cl2N4S4/c5-1-7-9-3(11-1)13-14-4-10-8-2(6)12-4. The quantitative estimate of drug-likeness (QED) is 0.809. The molecule has 0 unspecified atom stereocenters. The highest BCUT2D eigenvalue weighted by molar-refractivity contribution is 8.77. The van der Waals surface area contributed by atoms with Crippen molar-refractivity contribution in [1.29, 1.82) is 0 Å². The minimum Gasteiger partial charge on any atom is -0.129 e. The maximum Gasteiger partial charge on any atom is 0.208 e. The first-order valence-electron chi connectivity index (χ1n) is 3.06. The largest absolute Gasteiger partial charge is 0.208 e. The number of halogens is 2. The first-order chi connectivity index (χ1) is 6.74. The van der Waals surface area contributed by atoms with Crippen LogP contribution in [0.1, 0.15) is 0 Å². The van der Waals surface area contributed by atoms with Gasteiger partial charge in [0.1, 0.15) is 0 Å². The van der Waals surface area contributed by atoms with Gasteiger partial charge < -0.3 is 0 Å². The van der Waals surface area contributed by atoms with Crippen LogP contribution >= 0.6 is 67.5 Å². The highest BCUT2D eigenvalue weighted by Gasteiger charge is 2.07. The molecule has 0 N–H and O–H groups in total. The van der Waals surface area contributed by atoms with Crippen LogP contribution in [0.15, 0.2) is 8.68 Å². The maximum atomic E-state index is 5.62. The van der Waals surface area contributed by atoms with E-state index in [1.165, 1.54) is 44.3 Å². The van der Waals surface area contributed by atoms with Crippen molar-refractivity contribution in [3.05, 3.63) is 8.93 Å². The van der Waals surface area contributed by atoms with Gasteiger partial charge in [0.2, 0.25) is 8.93 Å². The van der Waals surface area contributed by atoms with Crippen LogP contribution < -0.4 is 0 Å². The van der Waals surface area contributed by atoms with Crippen LogP contribution in [0.5, 0.6) is 0 Å². The van der Waals surface area contributed by atoms with Gasteiger partial charge in [-0.25, -0.2) is 0 Å². The van der Waals surface area contributed by atoms with E-state index < -0.39 is 0 Å². The van der Waals surface area contributed by atoms with Crippen LogP contribution in [-0.2, 0) is 0 Å². The van der Waals surface area contributed by atoms with Crippen molar-refractivity contribution in [1.82, 2.24) is 20.4 Å². The zero-order chi connectivity index (χ0) is 9.97. The van der Waals surface area contributed by atoms with E-state index in [-0.39, 0.29) is 0 Å². The second kappa shape index (κ2) is 4.95. The molecule has 0 aromatic carbocycles. The molecule has 0 aliphatic carbocycles. The van der Waals surface area contributed by atoms with E-state index in [0.717, 1.165) is 8.68 Å². The summed E-state index contributed by atoms with van der Waals surface area (Å²) in [5.41, 5.74) is 0. The van der Waals surface area contributed by atoms with Crippen LogP contribution in [0.3, 0.4) is 0 Å². The van der Waals surface area contributed by atoms with Gasteiger partial charge in [0, 0.05) is 0 Å². The smallest absolute Gasteiger partial charge is 0.129 e. The zero-order valence-corrected chi connectivity index (χ0v) is 11.0. The summed E-state index contributed by atoms with van der Waals surface area (Å²) in [4.78, 5) is 0. The van der Waals surface area contributed by atoms with Crippen molar-refractivity contribution in [2.75, 3.05) is 0 Å². The maximum absolute atomic E-state index is 5.62.